The van der Waals surface area contributed by atoms with E-state index >= 15 is 0 Å². The van der Waals surface area contributed by atoms with Crippen molar-refractivity contribution in [2.75, 3.05) is 5.32 Å². The highest BCUT2D eigenvalue weighted by molar-refractivity contribution is 14.1. The van der Waals surface area contributed by atoms with Crippen molar-refractivity contribution < 1.29 is 9.53 Å². The van der Waals surface area contributed by atoms with Crippen LogP contribution in [-0.4, -0.2) is 6.09 Å². The lowest BCUT2D eigenvalue weighted by molar-refractivity contribution is 0.155. The van der Waals surface area contributed by atoms with Gasteiger partial charge in [-0.05, 0) is 40.3 Å². The Morgan fingerprint density at radius 3 is 2.65 bits per heavy atom. The number of ether oxygens (including phenoxy) is 1. The van der Waals surface area contributed by atoms with Crippen LogP contribution in [0.15, 0.2) is 48.5 Å². The minimum atomic E-state index is -0.575. The Hall–Kier alpha value is -2.07. The SMILES string of the molecule is N#Cc1cccc(I)c1NC(=O)OCc1ccccc1. The second-order valence-electron chi connectivity index (χ2n) is 3.96. The van der Waals surface area contributed by atoms with Gasteiger partial charge >= 0.3 is 6.09 Å². The van der Waals surface area contributed by atoms with Crippen LogP contribution in [0.25, 0.3) is 0 Å². The molecule has 1 N–H and O–H groups in total. The van der Waals surface area contributed by atoms with Crippen LogP contribution >= 0.6 is 22.6 Å². The van der Waals surface area contributed by atoms with E-state index in [1.807, 2.05) is 42.5 Å². The van der Waals surface area contributed by atoms with Gasteiger partial charge in [0.1, 0.15) is 12.7 Å². The Morgan fingerprint density at radius 1 is 1.20 bits per heavy atom. The summed E-state index contributed by atoms with van der Waals surface area (Å²) in [6, 6.07) is 16.7. The largest absolute Gasteiger partial charge is 0.444 e. The van der Waals surface area contributed by atoms with E-state index in [1.165, 1.54) is 0 Å². The third kappa shape index (κ3) is 3.71. The zero-order chi connectivity index (χ0) is 14.4. The predicted octanol–water partition coefficient (Wildman–Crippen LogP) is 3.91. The van der Waals surface area contributed by atoms with Gasteiger partial charge in [-0.15, -0.1) is 0 Å². The van der Waals surface area contributed by atoms with Gasteiger partial charge < -0.3 is 4.74 Å². The number of nitrogens with one attached hydrogen (secondary N) is 1. The number of benzene rings is 2. The summed E-state index contributed by atoms with van der Waals surface area (Å²) in [5.41, 5.74) is 1.80. The Bertz CT molecular complexity index is 651. The lowest BCUT2D eigenvalue weighted by Gasteiger charge is -2.09. The number of nitriles is 1. The maximum absolute atomic E-state index is 11.8. The lowest BCUT2D eigenvalue weighted by Crippen LogP contribution is -2.15. The number of amides is 1. The van der Waals surface area contributed by atoms with Crippen molar-refractivity contribution in [2.45, 2.75) is 6.61 Å². The molecule has 1 amide bonds. The van der Waals surface area contributed by atoms with Gasteiger partial charge in [-0.1, -0.05) is 36.4 Å². The average molecular weight is 378 g/mol. The second kappa shape index (κ2) is 6.91. The fraction of sp³-hybridized carbons (Fsp3) is 0.0667. The van der Waals surface area contributed by atoms with Gasteiger partial charge in [0, 0.05) is 3.57 Å². The van der Waals surface area contributed by atoms with Crippen molar-refractivity contribution in [3.05, 3.63) is 63.2 Å². The van der Waals surface area contributed by atoms with Crippen molar-refractivity contribution in [3.8, 4) is 6.07 Å². The normalized spacial score (nSPS) is 9.60. The average Bonchev–Trinajstić information content (AvgIpc) is 2.48. The van der Waals surface area contributed by atoms with Crippen LogP contribution in [0.4, 0.5) is 10.5 Å². The van der Waals surface area contributed by atoms with Crippen LogP contribution in [0, 0.1) is 14.9 Å². The fourth-order valence-electron chi connectivity index (χ4n) is 1.61. The summed E-state index contributed by atoms with van der Waals surface area (Å²) >= 11 is 2.06. The van der Waals surface area contributed by atoms with Crippen LogP contribution in [-0.2, 0) is 11.3 Å². The number of para-hydroxylation sites is 1. The van der Waals surface area contributed by atoms with E-state index < -0.39 is 6.09 Å². The van der Waals surface area contributed by atoms with Gasteiger partial charge in [0.25, 0.3) is 0 Å². The van der Waals surface area contributed by atoms with Crippen molar-refractivity contribution in [1.29, 1.82) is 5.26 Å². The summed E-state index contributed by atoms with van der Waals surface area (Å²) in [7, 11) is 0. The van der Waals surface area contributed by atoms with Crippen molar-refractivity contribution >= 4 is 34.4 Å². The van der Waals surface area contributed by atoms with Crippen LogP contribution in [0.5, 0.6) is 0 Å². The fourth-order valence-corrected chi connectivity index (χ4v) is 2.24. The number of carbonyl (C=O) groups is 1. The first-order valence-corrected chi connectivity index (χ1v) is 6.95. The van der Waals surface area contributed by atoms with Gasteiger partial charge in [0.05, 0.1) is 11.3 Å². The summed E-state index contributed by atoms with van der Waals surface area (Å²) in [5, 5.41) is 11.6. The molecule has 100 valence electrons. The minimum Gasteiger partial charge on any atom is -0.444 e. The molecule has 2 rings (SSSR count). The molecule has 0 fully saturated rings. The zero-order valence-electron chi connectivity index (χ0n) is 10.5. The van der Waals surface area contributed by atoms with Gasteiger partial charge in [-0.25, -0.2) is 4.79 Å². The second-order valence-corrected chi connectivity index (χ2v) is 5.12. The van der Waals surface area contributed by atoms with Crippen LogP contribution < -0.4 is 5.32 Å². The number of halogens is 1. The molecule has 2 aromatic carbocycles. The summed E-state index contributed by atoms with van der Waals surface area (Å²) in [6.45, 7) is 0.192. The van der Waals surface area contributed by atoms with Gasteiger partial charge in [-0.3, -0.25) is 5.32 Å². The molecule has 0 saturated carbocycles. The van der Waals surface area contributed by atoms with E-state index in [-0.39, 0.29) is 6.61 Å². The van der Waals surface area contributed by atoms with E-state index in [1.54, 1.807) is 12.1 Å². The highest BCUT2D eigenvalue weighted by atomic mass is 127. The van der Waals surface area contributed by atoms with Crippen LogP contribution in [0.2, 0.25) is 0 Å². The molecular formula is C15H11IN2O2. The molecule has 0 aliphatic rings. The van der Waals surface area contributed by atoms with E-state index in [2.05, 4.69) is 27.9 Å². The Balaban J connectivity index is 2.01. The molecule has 0 bridgehead atoms. The van der Waals surface area contributed by atoms with Gasteiger partial charge in [0.15, 0.2) is 0 Å². The summed E-state index contributed by atoms with van der Waals surface area (Å²) in [5.74, 6) is 0. The lowest BCUT2D eigenvalue weighted by atomic mass is 10.2. The maximum Gasteiger partial charge on any atom is 0.412 e. The molecule has 0 aliphatic carbocycles. The molecule has 0 unspecified atom stereocenters. The third-order valence-corrected chi connectivity index (χ3v) is 3.47. The Kier molecular flexibility index (Phi) is 4.96. The van der Waals surface area contributed by atoms with Crippen LogP contribution in [0.3, 0.4) is 0 Å². The number of hydrogen-bond donors (Lipinski definition) is 1. The molecule has 5 heteroatoms. The first-order valence-electron chi connectivity index (χ1n) is 5.87. The molecule has 0 spiro atoms. The highest BCUT2D eigenvalue weighted by Gasteiger charge is 2.10. The number of hydrogen-bond acceptors (Lipinski definition) is 3. The quantitative estimate of drug-likeness (QED) is 0.824. The summed E-state index contributed by atoms with van der Waals surface area (Å²) in [6.07, 6.45) is -0.575. The molecule has 20 heavy (non-hydrogen) atoms. The number of carbonyl (C=O) groups excluding carboxylic acids is 1. The molecule has 0 aliphatic heterocycles. The zero-order valence-corrected chi connectivity index (χ0v) is 12.6. The molecule has 2 aromatic rings. The predicted molar refractivity (Wildman–Crippen MR) is 84.1 cm³/mol. The maximum atomic E-state index is 11.8. The topological polar surface area (TPSA) is 62.1 Å². The van der Waals surface area contributed by atoms with Crippen molar-refractivity contribution in [2.24, 2.45) is 0 Å². The molecule has 0 radical (unpaired) electrons. The first-order chi connectivity index (χ1) is 9.70. The van der Waals surface area contributed by atoms with Crippen molar-refractivity contribution in [1.82, 2.24) is 0 Å². The molecule has 0 heterocycles. The van der Waals surface area contributed by atoms with E-state index in [9.17, 15) is 4.79 Å². The monoisotopic (exact) mass is 378 g/mol. The summed E-state index contributed by atoms with van der Waals surface area (Å²) in [4.78, 5) is 11.8. The van der Waals surface area contributed by atoms with Gasteiger partial charge in [0.2, 0.25) is 0 Å². The number of rotatable bonds is 3. The number of nitrogens with zero attached hydrogens (tertiary/aromatic N) is 1. The molecule has 0 aromatic heterocycles. The minimum absolute atomic E-state index is 0.192. The molecule has 4 nitrogen and oxygen atoms in total. The molecule has 0 saturated heterocycles. The standard InChI is InChI=1S/C15H11IN2O2/c16-13-8-4-7-12(9-17)14(13)18-15(19)20-10-11-5-2-1-3-6-11/h1-8H,10H2,(H,18,19). The highest BCUT2D eigenvalue weighted by Crippen LogP contribution is 2.22. The van der Waals surface area contributed by atoms with E-state index in [0.29, 0.717) is 11.3 Å². The van der Waals surface area contributed by atoms with Crippen molar-refractivity contribution in [3.63, 3.8) is 0 Å². The molecular weight excluding hydrogens is 367 g/mol. The van der Waals surface area contributed by atoms with Crippen LogP contribution in [0.1, 0.15) is 11.1 Å². The summed E-state index contributed by atoms with van der Waals surface area (Å²) < 4.78 is 5.91. The van der Waals surface area contributed by atoms with E-state index in [0.717, 1.165) is 9.13 Å². The molecule has 0 atom stereocenters. The van der Waals surface area contributed by atoms with Gasteiger partial charge in [-0.2, -0.15) is 5.26 Å². The number of anilines is 1. The van der Waals surface area contributed by atoms with E-state index in [4.69, 9.17) is 10.00 Å². The Morgan fingerprint density at radius 2 is 1.95 bits per heavy atom. The smallest absolute Gasteiger partial charge is 0.412 e. The third-order valence-electron chi connectivity index (χ3n) is 2.57. The first kappa shape index (κ1) is 14.3. The Labute approximate surface area is 130 Å².